The Kier molecular flexibility index (Phi) is 5.98. The maximum Gasteiger partial charge on any atom is 0.231 e. The zero-order valence-electron chi connectivity index (χ0n) is 18.3. The van der Waals surface area contributed by atoms with Crippen LogP contribution in [0.25, 0.3) is 0 Å². The fourth-order valence-electron chi connectivity index (χ4n) is 4.50. The second-order valence-electron chi connectivity index (χ2n) is 8.19. The highest BCUT2D eigenvalue weighted by atomic mass is 79.9. The average Bonchev–Trinajstić information content (AvgIpc) is 3.27. The third kappa shape index (κ3) is 4.05. The van der Waals surface area contributed by atoms with Crippen LogP contribution < -0.4 is 18.9 Å². The Morgan fingerprint density at radius 3 is 2.62 bits per heavy atom. The number of methoxy groups -OCH3 is 1. The molecule has 32 heavy (non-hydrogen) atoms. The fourth-order valence-corrected chi connectivity index (χ4v) is 4.98. The summed E-state index contributed by atoms with van der Waals surface area (Å²) in [7, 11) is 3.88. The van der Waals surface area contributed by atoms with Gasteiger partial charge in [-0.25, -0.2) is 0 Å². The van der Waals surface area contributed by atoms with E-state index in [1.165, 1.54) is 16.7 Å². The van der Waals surface area contributed by atoms with Crippen molar-refractivity contribution in [2.24, 2.45) is 0 Å². The van der Waals surface area contributed by atoms with Crippen molar-refractivity contribution in [2.75, 3.05) is 27.5 Å². The summed E-state index contributed by atoms with van der Waals surface area (Å²) in [6, 6.07) is 18.7. The molecular formula is C26H26BrNO4. The zero-order chi connectivity index (χ0) is 22.1. The molecule has 0 amide bonds. The van der Waals surface area contributed by atoms with E-state index < -0.39 is 0 Å². The second kappa shape index (κ2) is 9.04. The quantitative estimate of drug-likeness (QED) is 0.449. The van der Waals surface area contributed by atoms with E-state index >= 15 is 0 Å². The Balaban J connectivity index is 1.52. The molecule has 3 aromatic carbocycles. The highest BCUT2D eigenvalue weighted by molar-refractivity contribution is 9.10. The van der Waals surface area contributed by atoms with Crippen molar-refractivity contribution >= 4 is 15.9 Å². The Morgan fingerprint density at radius 1 is 1.06 bits per heavy atom. The molecule has 0 N–H and O–H groups in total. The molecule has 2 heterocycles. The molecular weight excluding hydrogens is 470 g/mol. The predicted molar refractivity (Wildman–Crippen MR) is 127 cm³/mol. The van der Waals surface area contributed by atoms with Crippen molar-refractivity contribution in [3.63, 3.8) is 0 Å². The Bertz CT molecular complexity index is 1120. The number of ether oxygens (including phenoxy) is 4. The van der Waals surface area contributed by atoms with Crippen molar-refractivity contribution in [1.82, 2.24) is 4.90 Å². The lowest BCUT2D eigenvalue weighted by atomic mass is 9.88. The van der Waals surface area contributed by atoms with Gasteiger partial charge in [-0.2, -0.15) is 0 Å². The van der Waals surface area contributed by atoms with E-state index in [0.29, 0.717) is 6.61 Å². The van der Waals surface area contributed by atoms with Crippen LogP contribution in [-0.2, 0) is 19.4 Å². The molecule has 2 aliphatic rings. The summed E-state index contributed by atoms with van der Waals surface area (Å²) in [4.78, 5) is 2.40. The summed E-state index contributed by atoms with van der Waals surface area (Å²) in [6.07, 6.45) is 1.80. The molecule has 0 radical (unpaired) electrons. The summed E-state index contributed by atoms with van der Waals surface area (Å²) in [6.45, 7) is 1.76. The van der Waals surface area contributed by atoms with E-state index in [1.807, 2.05) is 30.3 Å². The number of benzene rings is 3. The van der Waals surface area contributed by atoms with Gasteiger partial charge in [-0.1, -0.05) is 52.3 Å². The lowest BCUT2D eigenvalue weighted by molar-refractivity contribution is 0.174. The van der Waals surface area contributed by atoms with Gasteiger partial charge in [0.2, 0.25) is 6.79 Å². The summed E-state index contributed by atoms with van der Waals surface area (Å²) in [5.74, 6) is 3.19. The van der Waals surface area contributed by atoms with Crippen molar-refractivity contribution < 1.29 is 18.9 Å². The Hall–Kier alpha value is -2.70. The number of fused-ring (bicyclic) bond motifs is 2. The number of rotatable bonds is 6. The number of halogens is 1. The Labute approximate surface area is 197 Å². The van der Waals surface area contributed by atoms with E-state index in [-0.39, 0.29) is 12.8 Å². The molecule has 166 valence electrons. The second-order valence-corrected chi connectivity index (χ2v) is 9.05. The van der Waals surface area contributed by atoms with Crippen LogP contribution in [-0.4, -0.2) is 32.4 Å². The highest BCUT2D eigenvalue weighted by Gasteiger charge is 2.31. The number of hydrogen-bond acceptors (Lipinski definition) is 5. The standard InChI is InChI=1S/C26H26BrNO4/c1-28-11-10-18-8-9-22(29-2)26(30-15-17-6-4-3-5-7-17)25(18)21(28)12-19-13-23-24(14-20(19)27)32-16-31-23/h3-9,13-14,21H,10-12,15-16H2,1-2H3. The third-order valence-corrected chi connectivity index (χ3v) is 6.99. The van der Waals surface area contributed by atoms with Gasteiger partial charge in [0.15, 0.2) is 23.0 Å². The molecule has 2 aliphatic heterocycles. The number of likely N-dealkylation sites (N-methyl/N-ethyl adjacent to an activating group) is 1. The summed E-state index contributed by atoms with van der Waals surface area (Å²) in [5.41, 5.74) is 4.83. The van der Waals surface area contributed by atoms with E-state index in [0.717, 1.165) is 52.4 Å². The lowest BCUT2D eigenvalue weighted by Crippen LogP contribution is -2.34. The maximum absolute atomic E-state index is 6.42. The van der Waals surface area contributed by atoms with E-state index in [2.05, 4.69) is 52.1 Å². The van der Waals surface area contributed by atoms with Crippen LogP contribution in [0.4, 0.5) is 0 Å². The van der Waals surface area contributed by atoms with Crippen LogP contribution in [0, 0.1) is 0 Å². The van der Waals surface area contributed by atoms with Crippen LogP contribution in [0.15, 0.2) is 59.1 Å². The molecule has 0 fully saturated rings. The smallest absolute Gasteiger partial charge is 0.231 e. The minimum absolute atomic E-state index is 0.149. The third-order valence-electron chi connectivity index (χ3n) is 6.25. The van der Waals surface area contributed by atoms with Crippen LogP contribution >= 0.6 is 15.9 Å². The summed E-state index contributed by atoms with van der Waals surface area (Å²) in [5, 5.41) is 0. The monoisotopic (exact) mass is 495 g/mol. The molecule has 0 spiro atoms. The van der Waals surface area contributed by atoms with Crippen molar-refractivity contribution in [2.45, 2.75) is 25.5 Å². The van der Waals surface area contributed by atoms with Crippen molar-refractivity contribution in [3.8, 4) is 23.0 Å². The zero-order valence-corrected chi connectivity index (χ0v) is 19.9. The molecule has 1 unspecified atom stereocenters. The van der Waals surface area contributed by atoms with Gasteiger partial charge in [0.1, 0.15) is 6.61 Å². The van der Waals surface area contributed by atoms with E-state index in [4.69, 9.17) is 18.9 Å². The molecule has 0 aliphatic carbocycles. The van der Waals surface area contributed by atoms with Gasteiger partial charge in [0, 0.05) is 22.6 Å². The first kappa shape index (κ1) is 21.2. The minimum atomic E-state index is 0.149. The van der Waals surface area contributed by atoms with Crippen LogP contribution in [0.1, 0.15) is 28.3 Å². The number of hydrogen-bond donors (Lipinski definition) is 0. The van der Waals surface area contributed by atoms with Gasteiger partial charge in [-0.05, 0) is 54.8 Å². The fraction of sp³-hybridized carbons (Fsp3) is 0.308. The molecule has 0 saturated carbocycles. The topological polar surface area (TPSA) is 40.2 Å². The van der Waals surface area contributed by atoms with Crippen LogP contribution in [0.2, 0.25) is 0 Å². The highest BCUT2D eigenvalue weighted by Crippen LogP contribution is 2.45. The molecule has 1 atom stereocenters. The Morgan fingerprint density at radius 2 is 1.84 bits per heavy atom. The summed E-state index contributed by atoms with van der Waals surface area (Å²) < 4.78 is 24.3. The largest absolute Gasteiger partial charge is 0.493 e. The van der Waals surface area contributed by atoms with Gasteiger partial charge in [0.25, 0.3) is 0 Å². The van der Waals surface area contributed by atoms with Gasteiger partial charge in [-0.15, -0.1) is 0 Å². The van der Waals surface area contributed by atoms with Gasteiger partial charge in [-0.3, -0.25) is 4.90 Å². The lowest BCUT2D eigenvalue weighted by Gasteiger charge is -2.36. The molecule has 5 rings (SSSR count). The van der Waals surface area contributed by atoms with Crippen molar-refractivity contribution in [3.05, 3.63) is 81.3 Å². The number of nitrogens with zero attached hydrogens (tertiary/aromatic N) is 1. The normalized spacial score (nSPS) is 17.2. The first-order valence-corrected chi connectivity index (χ1v) is 11.6. The SMILES string of the molecule is COc1ccc2c(c1OCc1ccccc1)C(Cc1cc3c(cc1Br)OCO3)N(C)CC2. The molecule has 0 saturated heterocycles. The van der Waals surface area contributed by atoms with Gasteiger partial charge in [0.05, 0.1) is 7.11 Å². The van der Waals surface area contributed by atoms with Gasteiger partial charge < -0.3 is 18.9 Å². The first-order chi connectivity index (χ1) is 15.6. The first-order valence-electron chi connectivity index (χ1n) is 10.8. The van der Waals surface area contributed by atoms with Gasteiger partial charge >= 0.3 is 0 Å². The van der Waals surface area contributed by atoms with Crippen LogP contribution in [0.5, 0.6) is 23.0 Å². The summed E-state index contributed by atoms with van der Waals surface area (Å²) >= 11 is 3.73. The van der Waals surface area contributed by atoms with E-state index in [9.17, 15) is 0 Å². The minimum Gasteiger partial charge on any atom is -0.493 e. The average molecular weight is 496 g/mol. The molecule has 0 aromatic heterocycles. The maximum atomic E-state index is 6.42. The molecule has 0 bridgehead atoms. The van der Waals surface area contributed by atoms with Crippen LogP contribution in [0.3, 0.4) is 0 Å². The molecule has 3 aromatic rings. The van der Waals surface area contributed by atoms with Crippen molar-refractivity contribution in [1.29, 1.82) is 0 Å². The van der Waals surface area contributed by atoms with E-state index in [1.54, 1.807) is 7.11 Å². The molecule has 6 heteroatoms. The predicted octanol–water partition coefficient (Wildman–Crippen LogP) is 5.54. The molecule has 5 nitrogen and oxygen atoms in total.